The molecule has 0 atom stereocenters. The van der Waals surface area contributed by atoms with E-state index < -0.39 is 0 Å². The molecule has 1 aliphatic heterocycles. The minimum atomic E-state index is 0.184. The molecule has 3 heterocycles. The van der Waals surface area contributed by atoms with Gasteiger partial charge in [-0.3, -0.25) is 0 Å². The van der Waals surface area contributed by atoms with Crippen LogP contribution in [0.3, 0.4) is 0 Å². The van der Waals surface area contributed by atoms with Crippen LogP contribution >= 0.6 is 0 Å². The summed E-state index contributed by atoms with van der Waals surface area (Å²) in [5.41, 5.74) is 5.07. The zero-order valence-electron chi connectivity index (χ0n) is 21.6. The maximum atomic E-state index is 6.50. The summed E-state index contributed by atoms with van der Waals surface area (Å²) in [5, 5.41) is 13.1. The Bertz CT molecular complexity index is 1100. The lowest BCUT2D eigenvalue weighted by Crippen LogP contribution is -2.35. The van der Waals surface area contributed by atoms with E-state index in [1.165, 1.54) is 19.3 Å². The summed E-state index contributed by atoms with van der Waals surface area (Å²) in [4.78, 5) is 2.34. The lowest BCUT2D eigenvalue weighted by molar-refractivity contribution is 0.109. The Morgan fingerprint density at radius 2 is 1.72 bits per heavy atom. The lowest BCUT2D eigenvalue weighted by atomic mass is 9.96. The summed E-state index contributed by atoms with van der Waals surface area (Å²) in [6, 6.07) is 8.48. The van der Waals surface area contributed by atoms with Crippen molar-refractivity contribution < 1.29 is 14.0 Å². The monoisotopic (exact) mass is 490 g/mol. The molecule has 7 nitrogen and oxygen atoms in total. The number of aryl methyl sites for hydroxylation is 1. The maximum absolute atomic E-state index is 6.50. The number of piperidine rings is 1. The van der Waals surface area contributed by atoms with Crippen LogP contribution in [0.15, 0.2) is 41.2 Å². The highest BCUT2D eigenvalue weighted by Gasteiger charge is 2.22. The zero-order chi connectivity index (χ0) is 24.7. The molecule has 7 heteroatoms. The van der Waals surface area contributed by atoms with Crippen molar-refractivity contribution in [2.45, 2.75) is 83.3 Å². The molecule has 0 radical (unpaired) electrons. The third-order valence-electron chi connectivity index (χ3n) is 7.45. The van der Waals surface area contributed by atoms with Crippen molar-refractivity contribution in [3.05, 3.63) is 42.4 Å². The largest absolute Gasteiger partial charge is 0.490 e. The molecule has 2 aliphatic rings. The molecule has 0 spiro atoms. The van der Waals surface area contributed by atoms with Gasteiger partial charge in [0, 0.05) is 35.8 Å². The van der Waals surface area contributed by atoms with Gasteiger partial charge in [-0.1, -0.05) is 31.0 Å². The molecule has 3 aromatic rings. The third kappa shape index (κ3) is 6.06. The molecule has 2 fully saturated rings. The van der Waals surface area contributed by atoms with E-state index in [4.69, 9.17) is 14.0 Å². The van der Waals surface area contributed by atoms with Gasteiger partial charge in [-0.25, -0.2) is 0 Å². The lowest BCUT2D eigenvalue weighted by Gasteiger charge is -2.29. The average molecular weight is 491 g/mol. The van der Waals surface area contributed by atoms with Crippen LogP contribution in [-0.4, -0.2) is 52.6 Å². The Hall–Kier alpha value is -2.93. The van der Waals surface area contributed by atoms with E-state index in [0.717, 1.165) is 91.7 Å². The number of unbranched alkanes of at least 4 members (excludes halogenated alkanes) is 1. The van der Waals surface area contributed by atoms with Gasteiger partial charge in [0.25, 0.3) is 0 Å². The molecular formula is C29H38N4O3. The molecule has 0 N–H and O–H groups in total. The highest BCUT2D eigenvalue weighted by Crippen LogP contribution is 2.38. The first-order valence-corrected chi connectivity index (χ1v) is 13.6. The molecule has 5 rings (SSSR count). The van der Waals surface area contributed by atoms with E-state index in [1.807, 2.05) is 0 Å². The molecule has 192 valence electrons. The van der Waals surface area contributed by atoms with Gasteiger partial charge in [-0.2, -0.15) is 5.10 Å². The number of hydrogen-bond acceptors (Lipinski definition) is 7. The summed E-state index contributed by atoms with van der Waals surface area (Å²) in [5.74, 6) is 1.49. The Kier molecular flexibility index (Phi) is 8.16. The topological polar surface area (TPSA) is 73.5 Å². The van der Waals surface area contributed by atoms with Crippen LogP contribution in [-0.2, 0) is 6.42 Å². The van der Waals surface area contributed by atoms with E-state index >= 15 is 0 Å². The smallest absolute Gasteiger partial charge is 0.234 e. The van der Waals surface area contributed by atoms with E-state index in [0.29, 0.717) is 5.88 Å². The van der Waals surface area contributed by atoms with Crippen molar-refractivity contribution in [3.8, 4) is 33.9 Å². The summed E-state index contributed by atoms with van der Waals surface area (Å²) in [6.45, 7) is 4.29. The Morgan fingerprint density at radius 1 is 0.917 bits per heavy atom. The first kappa shape index (κ1) is 24.8. The Labute approximate surface area is 214 Å². The molecule has 0 bridgehead atoms. The normalized spacial score (nSPS) is 17.8. The van der Waals surface area contributed by atoms with Crippen molar-refractivity contribution in [1.29, 1.82) is 0 Å². The molecule has 0 unspecified atom stereocenters. The second kappa shape index (κ2) is 11.9. The van der Waals surface area contributed by atoms with Gasteiger partial charge in [0.2, 0.25) is 5.88 Å². The van der Waals surface area contributed by atoms with Crippen molar-refractivity contribution in [2.24, 2.45) is 0 Å². The van der Waals surface area contributed by atoms with Crippen LogP contribution in [0.5, 0.6) is 11.6 Å². The Morgan fingerprint density at radius 3 is 2.47 bits per heavy atom. The molecule has 1 saturated carbocycles. The highest BCUT2D eigenvalue weighted by molar-refractivity contribution is 5.78. The van der Waals surface area contributed by atoms with E-state index in [1.54, 1.807) is 12.5 Å². The van der Waals surface area contributed by atoms with Crippen LogP contribution in [0.1, 0.15) is 70.4 Å². The van der Waals surface area contributed by atoms with Crippen molar-refractivity contribution in [1.82, 2.24) is 20.3 Å². The SMILES string of the molecule is CCCCc1nnc(OC2CCN(C)CC2)cc1-c1ccc(OC2CCCCC2)c(-c2cnoc2)c1. The van der Waals surface area contributed by atoms with Gasteiger partial charge in [0.1, 0.15) is 18.1 Å². The molecule has 1 saturated heterocycles. The predicted octanol–water partition coefficient (Wildman–Crippen LogP) is 6.33. The summed E-state index contributed by atoms with van der Waals surface area (Å²) in [6.07, 6.45) is 14.9. The van der Waals surface area contributed by atoms with Gasteiger partial charge in [0.05, 0.1) is 18.0 Å². The van der Waals surface area contributed by atoms with Gasteiger partial charge < -0.3 is 18.9 Å². The van der Waals surface area contributed by atoms with Crippen LogP contribution in [0, 0.1) is 0 Å². The second-order valence-electron chi connectivity index (χ2n) is 10.3. The molecule has 1 aliphatic carbocycles. The van der Waals surface area contributed by atoms with Crippen molar-refractivity contribution in [3.63, 3.8) is 0 Å². The number of rotatable bonds is 9. The maximum Gasteiger partial charge on any atom is 0.234 e. The van der Waals surface area contributed by atoms with Gasteiger partial charge in [0.15, 0.2) is 0 Å². The van der Waals surface area contributed by atoms with Gasteiger partial charge >= 0.3 is 0 Å². The quantitative estimate of drug-likeness (QED) is 0.347. The molecular weight excluding hydrogens is 452 g/mol. The summed E-state index contributed by atoms with van der Waals surface area (Å²) < 4.78 is 18.0. The zero-order valence-corrected chi connectivity index (χ0v) is 21.6. The first-order chi connectivity index (χ1) is 17.7. The predicted molar refractivity (Wildman–Crippen MR) is 140 cm³/mol. The Balaban J connectivity index is 1.47. The molecule has 36 heavy (non-hydrogen) atoms. The third-order valence-corrected chi connectivity index (χ3v) is 7.45. The fourth-order valence-electron chi connectivity index (χ4n) is 5.24. The van der Waals surface area contributed by atoms with Crippen LogP contribution in [0.25, 0.3) is 22.3 Å². The standard InChI is InChI=1S/C29H38N4O3/c1-3-4-10-27-25(18-29(32-31-27)36-24-13-15-33(2)16-14-24)21-11-12-28(35-23-8-6-5-7-9-23)26(17-21)22-19-30-34-20-22/h11-12,17-20,23-24H,3-10,13-16H2,1-2H3. The van der Waals surface area contributed by atoms with E-state index in [2.05, 4.69) is 58.5 Å². The van der Waals surface area contributed by atoms with Gasteiger partial charge in [-0.15, -0.1) is 5.10 Å². The van der Waals surface area contributed by atoms with Gasteiger partial charge in [-0.05, 0) is 76.1 Å². The highest BCUT2D eigenvalue weighted by atomic mass is 16.5. The fraction of sp³-hybridized carbons (Fsp3) is 0.552. The first-order valence-electron chi connectivity index (χ1n) is 13.6. The van der Waals surface area contributed by atoms with Crippen LogP contribution < -0.4 is 9.47 Å². The molecule has 1 aromatic carbocycles. The molecule has 2 aromatic heterocycles. The number of hydrogen-bond donors (Lipinski definition) is 0. The van der Waals surface area contributed by atoms with Crippen molar-refractivity contribution in [2.75, 3.05) is 20.1 Å². The summed E-state index contributed by atoms with van der Waals surface area (Å²) in [7, 11) is 2.16. The average Bonchev–Trinajstić information content (AvgIpc) is 3.45. The second-order valence-corrected chi connectivity index (χ2v) is 10.3. The number of likely N-dealkylation sites (tertiary alicyclic amines) is 1. The number of ether oxygens (including phenoxy) is 2. The van der Waals surface area contributed by atoms with Crippen LogP contribution in [0.4, 0.5) is 0 Å². The number of aromatic nitrogens is 3. The van der Waals surface area contributed by atoms with Crippen molar-refractivity contribution >= 4 is 0 Å². The van der Waals surface area contributed by atoms with E-state index in [-0.39, 0.29) is 12.2 Å². The summed E-state index contributed by atoms with van der Waals surface area (Å²) >= 11 is 0. The minimum Gasteiger partial charge on any atom is -0.490 e. The fourth-order valence-corrected chi connectivity index (χ4v) is 5.24. The number of benzene rings is 1. The van der Waals surface area contributed by atoms with E-state index in [9.17, 15) is 0 Å². The van der Waals surface area contributed by atoms with Crippen LogP contribution in [0.2, 0.25) is 0 Å². The molecule has 0 amide bonds. The minimum absolute atomic E-state index is 0.184. The number of nitrogens with zero attached hydrogens (tertiary/aromatic N) is 4.